The van der Waals surface area contributed by atoms with Crippen LogP contribution < -0.4 is 0 Å². The number of carbonyl (C=O) groups excluding carboxylic acids is 1. The second-order valence-electron chi connectivity index (χ2n) is 5.23. The van der Waals surface area contributed by atoms with Crippen molar-refractivity contribution in [1.82, 2.24) is 4.90 Å². The molecule has 0 radical (unpaired) electrons. The van der Waals surface area contributed by atoms with Crippen LogP contribution in [0, 0.1) is 5.41 Å². The summed E-state index contributed by atoms with van der Waals surface area (Å²) >= 11 is 3.40. The molecule has 3 heteroatoms. The summed E-state index contributed by atoms with van der Waals surface area (Å²) in [6, 6.07) is 0. The van der Waals surface area contributed by atoms with Crippen molar-refractivity contribution >= 4 is 21.8 Å². The van der Waals surface area contributed by atoms with Gasteiger partial charge >= 0.3 is 0 Å². The third-order valence-corrected chi connectivity index (χ3v) is 5.01. The van der Waals surface area contributed by atoms with E-state index in [1.54, 1.807) is 0 Å². The highest BCUT2D eigenvalue weighted by Gasteiger charge is 2.32. The highest BCUT2D eigenvalue weighted by atomic mass is 79.9. The smallest absolute Gasteiger partial charge is 0.222 e. The first kappa shape index (κ1) is 15.0. The molecule has 2 nitrogen and oxygen atoms in total. The van der Waals surface area contributed by atoms with Gasteiger partial charge in [-0.2, -0.15) is 0 Å². The first-order valence-corrected chi connectivity index (χ1v) is 8.13. The van der Waals surface area contributed by atoms with Crippen molar-refractivity contribution in [3.8, 4) is 0 Å². The van der Waals surface area contributed by atoms with Gasteiger partial charge in [-0.05, 0) is 31.1 Å². The fraction of sp³-hybridized carbons (Fsp3) is 0.929. The van der Waals surface area contributed by atoms with Gasteiger partial charge in [0.25, 0.3) is 0 Å². The number of hydrogen-bond donors (Lipinski definition) is 0. The molecule has 0 unspecified atom stereocenters. The van der Waals surface area contributed by atoms with Gasteiger partial charge in [0.2, 0.25) is 5.91 Å². The number of likely N-dealkylation sites (tertiary alicyclic amines) is 1. The topological polar surface area (TPSA) is 20.3 Å². The van der Waals surface area contributed by atoms with Gasteiger partial charge < -0.3 is 4.90 Å². The average molecular weight is 304 g/mol. The van der Waals surface area contributed by atoms with Crippen LogP contribution in [0.1, 0.15) is 58.8 Å². The van der Waals surface area contributed by atoms with Crippen LogP contribution >= 0.6 is 15.9 Å². The third-order valence-electron chi connectivity index (χ3n) is 4.45. The van der Waals surface area contributed by atoms with Crippen LogP contribution in [-0.4, -0.2) is 29.2 Å². The Bertz CT molecular complexity index is 228. The summed E-state index contributed by atoms with van der Waals surface area (Å²) in [7, 11) is 0. The van der Waals surface area contributed by atoms with Crippen LogP contribution in [0.4, 0.5) is 0 Å². The van der Waals surface area contributed by atoms with Gasteiger partial charge in [0.1, 0.15) is 0 Å². The van der Waals surface area contributed by atoms with Gasteiger partial charge in [0.15, 0.2) is 0 Å². The van der Waals surface area contributed by atoms with Crippen molar-refractivity contribution in [3.05, 3.63) is 0 Å². The molecular weight excluding hydrogens is 278 g/mol. The number of unbranched alkanes of at least 4 members (excludes halogenated alkanes) is 1. The molecule has 0 atom stereocenters. The lowest BCUT2D eigenvalue weighted by atomic mass is 9.74. The van der Waals surface area contributed by atoms with E-state index in [0.29, 0.717) is 11.3 Å². The number of carbonyl (C=O) groups is 1. The molecular formula is C14H26BrNO. The first-order chi connectivity index (χ1) is 8.17. The Morgan fingerprint density at radius 2 is 1.76 bits per heavy atom. The van der Waals surface area contributed by atoms with Crippen molar-refractivity contribution in [2.45, 2.75) is 58.8 Å². The van der Waals surface area contributed by atoms with Crippen LogP contribution in [0.5, 0.6) is 0 Å². The summed E-state index contributed by atoms with van der Waals surface area (Å²) in [5.41, 5.74) is 0.520. The van der Waals surface area contributed by atoms with Crippen LogP contribution in [0.2, 0.25) is 0 Å². The fourth-order valence-corrected chi connectivity index (χ4v) is 3.11. The Morgan fingerprint density at radius 1 is 1.18 bits per heavy atom. The van der Waals surface area contributed by atoms with Crippen molar-refractivity contribution in [1.29, 1.82) is 0 Å². The summed E-state index contributed by atoms with van der Waals surface area (Å²) < 4.78 is 0. The number of rotatable bonds is 6. The molecule has 0 aromatic heterocycles. The molecule has 0 N–H and O–H groups in total. The Hall–Kier alpha value is -0.0500. The molecule has 0 saturated carbocycles. The first-order valence-electron chi connectivity index (χ1n) is 7.01. The minimum atomic E-state index is 0.367. The summed E-state index contributed by atoms with van der Waals surface area (Å²) in [4.78, 5) is 14.1. The molecule has 1 aliphatic rings. The average Bonchev–Trinajstić information content (AvgIpc) is 2.39. The Balaban J connectivity index is 2.33. The number of alkyl halides is 1. The zero-order chi connectivity index (χ0) is 12.7. The molecule has 17 heavy (non-hydrogen) atoms. The number of piperidine rings is 1. The lowest BCUT2D eigenvalue weighted by molar-refractivity contribution is -0.133. The predicted molar refractivity (Wildman–Crippen MR) is 76.5 cm³/mol. The fourth-order valence-electron chi connectivity index (χ4n) is 2.72. The molecule has 1 heterocycles. The maximum Gasteiger partial charge on any atom is 0.222 e. The lowest BCUT2D eigenvalue weighted by Gasteiger charge is -2.41. The number of amides is 1. The van der Waals surface area contributed by atoms with Crippen LogP contribution in [0.15, 0.2) is 0 Å². The molecule has 1 rings (SSSR count). The maximum atomic E-state index is 12.0. The molecule has 1 saturated heterocycles. The molecule has 1 aliphatic heterocycles. The SMILES string of the molecule is CCC1(CC)CCN(C(=O)CCCCBr)CC1. The van der Waals surface area contributed by atoms with Crippen LogP contribution in [0.25, 0.3) is 0 Å². The lowest BCUT2D eigenvalue weighted by Crippen LogP contribution is -2.42. The van der Waals surface area contributed by atoms with E-state index in [2.05, 4.69) is 34.7 Å². The van der Waals surface area contributed by atoms with E-state index in [0.717, 1.165) is 37.7 Å². The molecule has 0 aromatic rings. The van der Waals surface area contributed by atoms with Gasteiger partial charge in [-0.25, -0.2) is 0 Å². The molecule has 1 fully saturated rings. The molecule has 1 amide bonds. The number of nitrogens with zero attached hydrogens (tertiary/aromatic N) is 1. The zero-order valence-corrected chi connectivity index (χ0v) is 12.9. The molecule has 100 valence electrons. The zero-order valence-electron chi connectivity index (χ0n) is 11.3. The molecule has 0 aromatic carbocycles. The van der Waals surface area contributed by atoms with Crippen LogP contribution in [-0.2, 0) is 4.79 Å². The minimum absolute atomic E-state index is 0.367. The third kappa shape index (κ3) is 4.27. The van der Waals surface area contributed by atoms with Crippen molar-refractivity contribution in [3.63, 3.8) is 0 Å². The standard InChI is InChI=1S/C14H26BrNO/c1-3-14(4-2)8-11-16(12-9-14)13(17)7-5-6-10-15/h3-12H2,1-2H3. The number of halogens is 1. The monoisotopic (exact) mass is 303 g/mol. The summed E-state index contributed by atoms with van der Waals surface area (Å²) in [6.45, 7) is 6.54. The molecule has 0 aliphatic carbocycles. The van der Waals surface area contributed by atoms with Crippen molar-refractivity contribution in [2.24, 2.45) is 5.41 Å². The predicted octanol–water partition coefficient (Wildman–Crippen LogP) is 3.98. The van der Waals surface area contributed by atoms with Gasteiger partial charge in [0, 0.05) is 24.8 Å². The van der Waals surface area contributed by atoms with Gasteiger partial charge in [0.05, 0.1) is 0 Å². The summed E-state index contributed by atoms with van der Waals surface area (Å²) in [6.07, 6.45) is 7.77. The Labute approximate surface area is 114 Å². The van der Waals surface area contributed by atoms with E-state index in [4.69, 9.17) is 0 Å². The molecule has 0 spiro atoms. The van der Waals surface area contributed by atoms with Crippen LogP contribution in [0.3, 0.4) is 0 Å². The Morgan fingerprint density at radius 3 is 2.24 bits per heavy atom. The van der Waals surface area contributed by atoms with Gasteiger partial charge in [-0.3, -0.25) is 4.79 Å². The van der Waals surface area contributed by atoms with E-state index in [9.17, 15) is 4.79 Å². The second kappa shape index (κ2) is 7.40. The largest absolute Gasteiger partial charge is 0.343 e. The minimum Gasteiger partial charge on any atom is -0.343 e. The summed E-state index contributed by atoms with van der Waals surface area (Å²) in [5.74, 6) is 0.367. The maximum absolute atomic E-state index is 12.0. The molecule has 0 bridgehead atoms. The van der Waals surface area contributed by atoms with E-state index in [1.165, 1.54) is 25.7 Å². The van der Waals surface area contributed by atoms with E-state index >= 15 is 0 Å². The quantitative estimate of drug-likeness (QED) is 0.537. The summed E-state index contributed by atoms with van der Waals surface area (Å²) in [5, 5.41) is 1.01. The van der Waals surface area contributed by atoms with Crippen molar-refractivity contribution < 1.29 is 4.79 Å². The normalized spacial score (nSPS) is 19.4. The van der Waals surface area contributed by atoms with Gasteiger partial charge in [-0.1, -0.05) is 42.6 Å². The highest BCUT2D eigenvalue weighted by Crippen LogP contribution is 2.37. The van der Waals surface area contributed by atoms with E-state index in [1.807, 2.05) is 0 Å². The van der Waals surface area contributed by atoms with E-state index < -0.39 is 0 Å². The number of hydrogen-bond acceptors (Lipinski definition) is 1. The second-order valence-corrected chi connectivity index (χ2v) is 6.03. The van der Waals surface area contributed by atoms with Crippen molar-refractivity contribution in [2.75, 3.05) is 18.4 Å². The van der Waals surface area contributed by atoms with E-state index in [-0.39, 0.29) is 0 Å². The highest BCUT2D eigenvalue weighted by molar-refractivity contribution is 9.09. The Kier molecular flexibility index (Phi) is 6.53. The van der Waals surface area contributed by atoms with Gasteiger partial charge in [-0.15, -0.1) is 0 Å².